The molecular formula is C26H27N3O2. The van der Waals surface area contributed by atoms with Crippen LogP contribution >= 0.6 is 0 Å². The molecule has 158 valence electrons. The zero-order chi connectivity index (χ0) is 21.5. The Morgan fingerprint density at radius 2 is 1.71 bits per heavy atom. The van der Waals surface area contributed by atoms with E-state index >= 15 is 0 Å². The van der Waals surface area contributed by atoms with Crippen molar-refractivity contribution in [1.82, 2.24) is 4.98 Å². The molecule has 0 unspecified atom stereocenters. The molecule has 1 aliphatic rings. The normalized spacial score (nSPS) is 13.6. The van der Waals surface area contributed by atoms with Gasteiger partial charge in [0.2, 0.25) is 0 Å². The summed E-state index contributed by atoms with van der Waals surface area (Å²) in [4.78, 5) is 31.0. The number of hydrogen-bond donors (Lipinski definition) is 1. The number of anilines is 2. The summed E-state index contributed by atoms with van der Waals surface area (Å²) >= 11 is 0. The van der Waals surface area contributed by atoms with E-state index in [1.165, 1.54) is 24.8 Å². The Balaban J connectivity index is 1.44. The average Bonchev–Trinajstić information content (AvgIpc) is 2.84. The number of pyridine rings is 1. The van der Waals surface area contributed by atoms with Crippen LogP contribution in [-0.4, -0.2) is 30.3 Å². The van der Waals surface area contributed by atoms with Gasteiger partial charge < -0.3 is 10.2 Å². The van der Waals surface area contributed by atoms with Crippen LogP contribution < -0.4 is 10.2 Å². The summed E-state index contributed by atoms with van der Waals surface area (Å²) in [5.74, 6) is 0.647. The topological polar surface area (TPSA) is 62.3 Å². The minimum absolute atomic E-state index is 0.263. The lowest BCUT2D eigenvalue weighted by Crippen LogP contribution is -2.30. The molecule has 0 aliphatic carbocycles. The Morgan fingerprint density at radius 3 is 2.42 bits per heavy atom. The number of piperidine rings is 1. The first-order chi connectivity index (χ1) is 15.2. The van der Waals surface area contributed by atoms with E-state index in [1.807, 2.05) is 36.4 Å². The Hall–Kier alpha value is -3.47. The van der Waals surface area contributed by atoms with Crippen molar-refractivity contribution < 1.29 is 9.59 Å². The van der Waals surface area contributed by atoms with Gasteiger partial charge in [0.25, 0.3) is 5.91 Å². The fraction of sp³-hybridized carbons (Fsp3) is 0.269. The molecule has 3 aromatic rings. The molecule has 1 amide bonds. The van der Waals surface area contributed by atoms with Gasteiger partial charge in [-0.25, -0.2) is 4.98 Å². The second kappa shape index (κ2) is 10.0. The summed E-state index contributed by atoms with van der Waals surface area (Å²) in [5, 5.41) is 2.89. The van der Waals surface area contributed by atoms with Gasteiger partial charge in [-0.3, -0.25) is 9.59 Å². The van der Waals surface area contributed by atoms with E-state index in [0.29, 0.717) is 16.8 Å². The van der Waals surface area contributed by atoms with Gasteiger partial charge in [-0.15, -0.1) is 0 Å². The van der Waals surface area contributed by atoms with Gasteiger partial charge in [0.05, 0.1) is 11.3 Å². The highest BCUT2D eigenvalue weighted by molar-refractivity contribution is 6.06. The number of aryl methyl sites for hydroxylation is 2. The lowest BCUT2D eigenvalue weighted by atomic mass is 10.0. The molecule has 5 heteroatoms. The zero-order valence-electron chi connectivity index (χ0n) is 17.6. The minimum atomic E-state index is -0.263. The molecule has 1 aromatic heterocycles. The molecule has 2 aromatic carbocycles. The molecule has 5 nitrogen and oxygen atoms in total. The van der Waals surface area contributed by atoms with Crippen LogP contribution in [0, 0.1) is 0 Å². The highest BCUT2D eigenvalue weighted by Gasteiger charge is 2.14. The standard InChI is InChI=1S/C26H27N3O2/c30-19-23-12-11-21(10-9-20-7-3-1-4-8-20)17-24(23)28-26(31)22-13-14-25(27-18-22)29-15-5-2-6-16-29/h1,3-4,7-8,11-14,17-19H,2,5-6,9-10,15-16H2,(H,28,31). The van der Waals surface area contributed by atoms with Crippen LogP contribution in [0.25, 0.3) is 0 Å². The van der Waals surface area contributed by atoms with Crippen molar-refractivity contribution in [2.24, 2.45) is 0 Å². The molecule has 31 heavy (non-hydrogen) atoms. The van der Waals surface area contributed by atoms with Crippen molar-refractivity contribution in [1.29, 1.82) is 0 Å². The number of nitrogens with one attached hydrogen (secondary N) is 1. The van der Waals surface area contributed by atoms with Crippen molar-refractivity contribution in [3.8, 4) is 0 Å². The summed E-state index contributed by atoms with van der Waals surface area (Å²) in [6, 6.07) is 19.6. The van der Waals surface area contributed by atoms with Gasteiger partial charge in [0.1, 0.15) is 5.82 Å². The molecule has 0 saturated carbocycles. The van der Waals surface area contributed by atoms with Gasteiger partial charge in [-0.1, -0.05) is 36.4 Å². The smallest absolute Gasteiger partial charge is 0.257 e. The summed E-state index contributed by atoms with van der Waals surface area (Å²) in [6.45, 7) is 2.02. The van der Waals surface area contributed by atoms with Gasteiger partial charge in [-0.05, 0) is 67.5 Å². The van der Waals surface area contributed by atoms with Gasteiger partial charge >= 0.3 is 0 Å². The van der Waals surface area contributed by atoms with Crippen LogP contribution in [0.15, 0.2) is 66.9 Å². The number of hydrogen-bond acceptors (Lipinski definition) is 4. The lowest BCUT2D eigenvalue weighted by Gasteiger charge is -2.27. The summed E-state index contributed by atoms with van der Waals surface area (Å²) in [7, 11) is 0. The Kier molecular flexibility index (Phi) is 6.72. The quantitative estimate of drug-likeness (QED) is 0.559. The highest BCUT2D eigenvalue weighted by atomic mass is 16.1. The van der Waals surface area contributed by atoms with E-state index < -0.39 is 0 Å². The summed E-state index contributed by atoms with van der Waals surface area (Å²) in [5.41, 5.74) is 3.81. The SMILES string of the molecule is O=Cc1ccc(CCc2ccccc2)cc1NC(=O)c1ccc(N2CCCCC2)nc1. The maximum Gasteiger partial charge on any atom is 0.257 e. The highest BCUT2D eigenvalue weighted by Crippen LogP contribution is 2.21. The third-order valence-corrected chi connectivity index (χ3v) is 5.73. The second-order valence-electron chi connectivity index (χ2n) is 7.93. The van der Waals surface area contributed by atoms with E-state index in [-0.39, 0.29) is 5.91 Å². The maximum absolute atomic E-state index is 12.8. The number of aldehydes is 1. The molecule has 1 fully saturated rings. The number of rotatable bonds is 7. The van der Waals surface area contributed by atoms with Crippen LogP contribution in [0.5, 0.6) is 0 Å². The third-order valence-electron chi connectivity index (χ3n) is 5.73. The Bertz CT molecular complexity index is 1030. The fourth-order valence-corrected chi connectivity index (χ4v) is 3.93. The molecule has 1 aliphatic heterocycles. The summed E-state index contributed by atoms with van der Waals surface area (Å²) < 4.78 is 0. The van der Waals surface area contributed by atoms with E-state index in [0.717, 1.165) is 43.6 Å². The van der Waals surface area contributed by atoms with Crippen molar-refractivity contribution in [3.05, 3.63) is 89.1 Å². The fourth-order valence-electron chi connectivity index (χ4n) is 3.93. The van der Waals surface area contributed by atoms with Crippen molar-refractivity contribution in [2.75, 3.05) is 23.3 Å². The zero-order valence-corrected chi connectivity index (χ0v) is 17.6. The number of benzene rings is 2. The molecule has 2 heterocycles. The van der Waals surface area contributed by atoms with Crippen LogP contribution in [0.3, 0.4) is 0 Å². The van der Waals surface area contributed by atoms with Crippen molar-refractivity contribution in [2.45, 2.75) is 32.1 Å². The number of amides is 1. The average molecular weight is 414 g/mol. The van der Waals surface area contributed by atoms with Crippen molar-refractivity contribution in [3.63, 3.8) is 0 Å². The Morgan fingerprint density at radius 1 is 0.935 bits per heavy atom. The molecule has 0 bridgehead atoms. The first kappa shape index (κ1) is 20.8. The van der Waals surface area contributed by atoms with Crippen LogP contribution in [0.2, 0.25) is 0 Å². The van der Waals surface area contributed by atoms with E-state index in [4.69, 9.17) is 0 Å². The third kappa shape index (κ3) is 5.37. The number of carbonyl (C=O) groups excluding carboxylic acids is 2. The monoisotopic (exact) mass is 413 g/mol. The van der Waals surface area contributed by atoms with Crippen LogP contribution in [0.1, 0.15) is 51.1 Å². The molecule has 1 saturated heterocycles. The molecule has 1 N–H and O–H groups in total. The molecule has 0 atom stereocenters. The maximum atomic E-state index is 12.8. The minimum Gasteiger partial charge on any atom is -0.357 e. The molecule has 0 spiro atoms. The summed E-state index contributed by atoms with van der Waals surface area (Å²) in [6.07, 6.45) is 7.74. The van der Waals surface area contributed by atoms with Gasteiger partial charge in [0.15, 0.2) is 6.29 Å². The van der Waals surface area contributed by atoms with E-state index in [9.17, 15) is 9.59 Å². The molecule has 4 rings (SSSR count). The second-order valence-corrected chi connectivity index (χ2v) is 7.93. The predicted octanol–water partition coefficient (Wildman–Crippen LogP) is 4.92. The van der Waals surface area contributed by atoms with Gasteiger partial charge in [-0.2, -0.15) is 0 Å². The molecule has 0 radical (unpaired) electrons. The first-order valence-corrected chi connectivity index (χ1v) is 10.9. The van der Waals surface area contributed by atoms with Crippen molar-refractivity contribution >= 4 is 23.7 Å². The Labute approximate surface area is 183 Å². The number of aromatic nitrogens is 1. The first-order valence-electron chi connectivity index (χ1n) is 10.9. The molecular weight excluding hydrogens is 386 g/mol. The van der Waals surface area contributed by atoms with Crippen LogP contribution in [-0.2, 0) is 12.8 Å². The van der Waals surface area contributed by atoms with E-state index in [2.05, 4.69) is 27.3 Å². The lowest BCUT2D eigenvalue weighted by molar-refractivity contribution is 0.102. The predicted molar refractivity (Wildman–Crippen MR) is 124 cm³/mol. The van der Waals surface area contributed by atoms with Gasteiger partial charge in [0, 0.05) is 24.8 Å². The largest absolute Gasteiger partial charge is 0.357 e. The number of nitrogens with zero attached hydrogens (tertiary/aromatic N) is 2. The van der Waals surface area contributed by atoms with Crippen LogP contribution in [0.4, 0.5) is 11.5 Å². The number of carbonyl (C=O) groups is 2. The van der Waals surface area contributed by atoms with E-state index in [1.54, 1.807) is 18.3 Å².